The second-order valence-corrected chi connectivity index (χ2v) is 11.8. The van der Waals surface area contributed by atoms with Crippen molar-refractivity contribution in [3.8, 4) is 0 Å². The molecule has 16 nitrogen and oxygen atoms in total. The van der Waals surface area contributed by atoms with Crippen LogP contribution in [0.1, 0.15) is 72.1 Å². The normalized spacial score (nSPS) is 15.5. The molecule has 1 saturated carbocycles. The van der Waals surface area contributed by atoms with Gasteiger partial charge in [0.15, 0.2) is 0 Å². The zero-order valence-corrected chi connectivity index (χ0v) is 27.5. The molecular formula is C29H41B2N5O11S. The van der Waals surface area contributed by atoms with Gasteiger partial charge >= 0.3 is 14.2 Å². The van der Waals surface area contributed by atoms with E-state index in [1.54, 1.807) is 0 Å². The summed E-state index contributed by atoms with van der Waals surface area (Å²) in [6, 6.07) is 6.31. The van der Waals surface area contributed by atoms with Crippen molar-refractivity contribution in [1.82, 2.24) is 15.5 Å². The van der Waals surface area contributed by atoms with Crippen molar-refractivity contribution in [2.45, 2.75) is 63.5 Å². The van der Waals surface area contributed by atoms with Crippen LogP contribution < -0.4 is 21.6 Å². The van der Waals surface area contributed by atoms with Crippen LogP contribution in [-0.2, 0) is 4.79 Å². The molecule has 0 bridgehead atoms. The summed E-state index contributed by atoms with van der Waals surface area (Å²) in [5.41, 5.74) is -0.935. The number of amides is 2. The average molecular weight is 689 g/mol. The van der Waals surface area contributed by atoms with Crippen molar-refractivity contribution in [1.29, 1.82) is 0 Å². The van der Waals surface area contributed by atoms with Gasteiger partial charge in [-0.05, 0) is 55.5 Å². The van der Waals surface area contributed by atoms with E-state index in [-0.39, 0.29) is 52.3 Å². The van der Waals surface area contributed by atoms with Crippen molar-refractivity contribution in [2.75, 3.05) is 25.9 Å². The van der Waals surface area contributed by atoms with Crippen molar-refractivity contribution in [3.63, 3.8) is 0 Å². The maximum atomic E-state index is 12.9. The smallest absolute Gasteiger partial charge is 0.423 e. The van der Waals surface area contributed by atoms with Gasteiger partial charge in [0.1, 0.15) is 6.29 Å². The highest BCUT2D eigenvalue weighted by Gasteiger charge is 2.31. The molecule has 19 heteroatoms. The van der Waals surface area contributed by atoms with Crippen LogP contribution in [0.25, 0.3) is 0 Å². The van der Waals surface area contributed by atoms with Crippen LogP contribution in [-0.4, -0.2) is 105 Å². The van der Waals surface area contributed by atoms with E-state index >= 15 is 0 Å². The Labute approximate surface area is 283 Å². The first-order chi connectivity index (χ1) is 22.8. The average Bonchev–Trinajstić information content (AvgIpc) is 3.06. The Morgan fingerprint density at radius 3 is 2.08 bits per heavy atom. The van der Waals surface area contributed by atoms with E-state index in [4.69, 9.17) is 10.0 Å². The fraction of sp³-hybridized carbons (Fsp3) is 0.483. The lowest BCUT2D eigenvalue weighted by atomic mass is 9.79. The topological polar surface area (TPSA) is 246 Å². The molecular weight excluding hydrogens is 648 g/mol. The lowest BCUT2D eigenvalue weighted by Gasteiger charge is -2.38. The van der Waals surface area contributed by atoms with Crippen molar-refractivity contribution >= 4 is 67.3 Å². The van der Waals surface area contributed by atoms with Crippen LogP contribution in [0.4, 0.5) is 11.4 Å². The molecule has 2 atom stereocenters. The molecule has 0 heterocycles. The molecule has 2 aromatic carbocycles. The van der Waals surface area contributed by atoms with Crippen LogP contribution in [0, 0.1) is 20.2 Å². The van der Waals surface area contributed by atoms with E-state index < -0.39 is 35.7 Å². The standard InChI is InChI=1S/C22H35BN4O6S.C7H6BNO5/c1-26(15-21(28)24-10-6-2-3-7-11-34)20-9-5-4-8-19(20)25-22(29)16-12-17(23(30)31)14-18(13-16)27(32)33;10-4-5-1-6(8(11)12)3-7(2-5)9(13)14/h12-14,19-20,30-31,34H,2-11,15H2,1H3,(H,24,28)(H,25,29);1-4,11-12H. The number of hydrogen-bond acceptors (Lipinski definition) is 13. The third-order valence-electron chi connectivity index (χ3n) is 7.73. The first-order valence-electron chi connectivity index (χ1n) is 15.4. The van der Waals surface area contributed by atoms with E-state index in [0.29, 0.717) is 12.8 Å². The van der Waals surface area contributed by atoms with Crippen LogP contribution in [0.5, 0.6) is 0 Å². The Bertz CT molecular complexity index is 1420. The number of carbonyl (C=O) groups excluding carboxylic acids is 3. The molecule has 0 aliphatic heterocycles. The molecule has 48 heavy (non-hydrogen) atoms. The molecule has 6 N–H and O–H groups in total. The molecule has 0 aromatic heterocycles. The maximum absolute atomic E-state index is 12.9. The van der Waals surface area contributed by atoms with Gasteiger partial charge in [0.05, 0.1) is 16.4 Å². The number of nitro benzene ring substituents is 2. The summed E-state index contributed by atoms with van der Waals surface area (Å²) in [5.74, 6) is 0.288. The second-order valence-electron chi connectivity index (χ2n) is 11.4. The highest BCUT2D eigenvalue weighted by atomic mass is 32.1. The minimum Gasteiger partial charge on any atom is -0.423 e. The zero-order chi connectivity index (χ0) is 35.8. The molecule has 0 radical (unpaired) electrons. The minimum absolute atomic E-state index is 0.0139. The number of hydrogen-bond donors (Lipinski definition) is 7. The van der Waals surface area contributed by atoms with Gasteiger partial charge in [-0.15, -0.1) is 0 Å². The van der Waals surface area contributed by atoms with E-state index in [2.05, 4.69) is 23.3 Å². The fourth-order valence-corrected chi connectivity index (χ4v) is 5.50. The van der Waals surface area contributed by atoms with E-state index in [0.717, 1.165) is 81.4 Å². The summed E-state index contributed by atoms with van der Waals surface area (Å²) in [5, 5.41) is 63.8. The molecule has 1 fully saturated rings. The van der Waals surface area contributed by atoms with Gasteiger partial charge in [0.2, 0.25) is 5.91 Å². The van der Waals surface area contributed by atoms with E-state index in [1.165, 1.54) is 12.1 Å². The SMILES string of the molecule is CN(CC(=O)NCCCCCCS)C1CCCCC1NC(=O)c1cc(B(O)O)cc([N+](=O)[O-])c1.O=Cc1cc(B(O)O)cc([N+](=O)[O-])c1. The first kappa shape index (κ1) is 40.3. The van der Waals surface area contributed by atoms with E-state index in [9.17, 15) is 44.7 Å². The quantitative estimate of drug-likeness (QED) is 0.0306. The van der Waals surface area contributed by atoms with Gasteiger partial charge in [-0.2, -0.15) is 12.6 Å². The number of unbranched alkanes of at least 4 members (excludes halogenated alkanes) is 3. The molecule has 1 aliphatic carbocycles. The Morgan fingerprint density at radius 1 is 0.917 bits per heavy atom. The largest absolute Gasteiger partial charge is 0.488 e. The maximum Gasteiger partial charge on any atom is 0.488 e. The predicted molar refractivity (Wildman–Crippen MR) is 183 cm³/mol. The molecule has 2 amide bonds. The number of rotatable bonds is 16. The molecule has 2 unspecified atom stereocenters. The molecule has 3 rings (SSSR count). The summed E-state index contributed by atoms with van der Waals surface area (Å²) >= 11 is 4.19. The van der Waals surface area contributed by atoms with Crippen molar-refractivity contribution in [3.05, 3.63) is 67.8 Å². The summed E-state index contributed by atoms with van der Waals surface area (Å²) < 4.78 is 0. The Morgan fingerprint density at radius 2 is 1.50 bits per heavy atom. The Balaban J connectivity index is 0.000000476. The second kappa shape index (κ2) is 20.5. The van der Waals surface area contributed by atoms with Crippen LogP contribution >= 0.6 is 12.6 Å². The Hall–Kier alpha value is -3.87. The zero-order valence-electron chi connectivity index (χ0n) is 26.6. The van der Waals surface area contributed by atoms with E-state index in [1.807, 2.05) is 11.9 Å². The number of nitrogens with zero attached hydrogens (tertiary/aromatic N) is 3. The number of nitro groups is 2. The molecule has 260 valence electrons. The summed E-state index contributed by atoms with van der Waals surface area (Å²) in [6.07, 6.45) is 8.00. The summed E-state index contributed by atoms with van der Waals surface area (Å²) in [4.78, 5) is 57.8. The Kier molecular flexibility index (Phi) is 17.2. The van der Waals surface area contributed by atoms with Crippen LogP contribution in [0.2, 0.25) is 0 Å². The third kappa shape index (κ3) is 13.3. The van der Waals surface area contributed by atoms with Crippen LogP contribution in [0.3, 0.4) is 0 Å². The number of aldehydes is 1. The first-order valence-corrected chi connectivity index (χ1v) is 16.1. The predicted octanol–water partition coefficient (Wildman–Crippen LogP) is -0.0591. The number of thiol groups is 1. The minimum atomic E-state index is -1.93. The number of carbonyl (C=O) groups is 3. The van der Waals surface area contributed by atoms with Crippen molar-refractivity contribution < 1.29 is 44.3 Å². The third-order valence-corrected chi connectivity index (χ3v) is 8.05. The molecule has 1 aliphatic rings. The fourth-order valence-electron chi connectivity index (χ4n) is 5.28. The monoisotopic (exact) mass is 689 g/mol. The van der Waals surface area contributed by atoms with Gasteiger partial charge in [-0.1, -0.05) is 31.7 Å². The van der Waals surface area contributed by atoms with Gasteiger partial charge in [0, 0.05) is 54.0 Å². The summed E-state index contributed by atoms with van der Waals surface area (Å²) in [6.45, 7) is 0.848. The lowest BCUT2D eigenvalue weighted by molar-refractivity contribution is -0.385. The highest BCUT2D eigenvalue weighted by Crippen LogP contribution is 2.23. The van der Waals surface area contributed by atoms with Crippen molar-refractivity contribution in [2.24, 2.45) is 0 Å². The van der Waals surface area contributed by atoms with Gasteiger partial charge in [-0.3, -0.25) is 39.5 Å². The molecule has 2 aromatic rings. The number of nitrogens with one attached hydrogen (secondary N) is 2. The summed E-state index contributed by atoms with van der Waals surface area (Å²) in [7, 11) is -1.90. The van der Waals surface area contributed by atoms with Gasteiger partial charge < -0.3 is 30.7 Å². The number of benzene rings is 2. The number of likely N-dealkylation sites (N-methyl/N-ethyl adjacent to an activating group) is 1. The lowest BCUT2D eigenvalue weighted by Crippen LogP contribution is -2.54. The highest BCUT2D eigenvalue weighted by molar-refractivity contribution is 7.80. The van der Waals surface area contributed by atoms with Crippen LogP contribution in [0.15, 0.2) is 36.4 Å². The van der Waals surface area contributed by atoms with Gasteiger partial charge in [-0.25, -0.2) is 0 Å². The van der Waals surface area contributed by atoms with Gasteiger partial charge in [0.25, 0.3) is 17.3 Å². The molecule has 0 saturated heterocycles. The molecule has 0 spiro atoms. The number of non-ortho nitro benzene ring substituents is 2.